The summed E-state index contributed by atoms with van der Waals surface area (Å²) in [5.74, 6) is 2.12. The Morgan fingerprint density at radius 3 is 2.39 bits per heavy atom. The summed E-state index contributed by atoms with van der Waals surface area (Å²) in [6, 6.07) is 0. The Morgan fingerprint density at radius 2 is 1.78 bits per heavy atom. The fourth-order valence-corrected chi connectivity index (χ4v) is 4.91. The van der Waals surface area contributed by atoms with Crippen molar-refractivity contribution in [1.82, 2.24) is 10.2 Å². The van der Waals surface area contributed by atoms with Crippen LogP contribution in [0, 0.1) is 17.3 Å². The maximum atomic E-state index is 3.54. The number of hydrogen-bond donors (Lipinski definition) is 1. The van der Waals surface area contributed by atoms with Crippen LogP contribution in [0.2, 0.25) is 0 Å². The van der Waals surface area contributed by atoms with E-state index in [-0.39, 0.29) is 0 Å². The van der Waals surface area contributed by atoms with E-state index in [1.807, 2.05) is 0 Å². The number of hydrogen-bond acceptors (Lipinski definition) is 2. The van der Waals surface area contributed by atoms with E-state index in [4.69, 9.17) is 0 Å². The van der Waals surface area contributed by atoms with Crippen LogP contribution in [-0.2, 0) is 0 Å². The second-order valence-corrected chi connectivity index (χ2v) is 7.15. The summed E-state index contributed by atoms with van der Waals surface area (Å²) in [6.45, 7) is 9.10. The molecular formula is C16H30N2. The summed E-state index contributed by atoms with van der Waals surface area (Å²) >= 11 is 0. The lowest BCUT2D eigenvalue weighted by Crippen LogP contribution is -2.44. The van der Waals surface area contributed by atoms with Crippen LogP contribution in [0.3, 0.4) is 0 Å². The van der Waals surface area contributed by atoms with Gasteiger partial charge in [0, 0.05) is 19.6 Å². The highest BCUT2D eigenvalue weighted by molar-refractivity contribution is 4.93. The topological polar surface area (TPSA) is 15.3 Å². The molecule has 2 heterocycles. The second-order valence-electron chi connectivity index (χ2n) is 7.15. The molecule has 0 amide bonds. The van der Waals surface area contributed by atoms with Gasteiger partial charge in [-0.25, -0.2) is 0 Å². The molecule has 2 saturated heterocycles. The van der Waals surface area contributed by atoms with Crippen LogP contribution in [0.5, 0.6) is 0 Å². The van der Waals surface area contributed by atoms with Gasteiger partial charge in [-0.15, -0.1) is 0 Å². The maximum absolute atomic E-state index is 3.54. The van der Waals surface area contributed by atoms with E-state index in [9.17, 15) is 0 Å². The largest absolute Gasteiger partial charge is 0.317 e. The van der Waals surface area contributed by atoms with Crippen molar-refractivity contribution in [3.8, 4) is 0 Å². The molecule has 2 heteroatoms. The smallest absolute Gasteiger partial charge is 0.00392 e. The summed E-state index contributed by atoms with van der Waals surface area (Å²) < 4.78 is 0. The number of rotatable bonds is 4. The minimum atomic E-state index is 0.651. The first-order valence-electron chi connectivity index (χ1n) is 8.24. The first kappa shape index (κ1) is 12.9. The van der Waals surface area contributed by atoms with Crippen molar-refractivity contribution >= 4 is 0 Å². The third-order valence-electron chi connectivity index (χ3n) is 5.81. The third kappa shape index (κ3) is 2.60. The van der Waals surface area contributed by atoms with E-state index in [1.165, 1.54) is 77.7 Å². The average Bonchev–Trinajstić information content (AvgIpc) is 2.91. The van der Waals surface area contributed by atoms with Crippen LogP contribution < -0.4 is 5.32 Å². The highest BCUT2D eigenvalue weighted by atomic mass is 15.2. The standard InChI is InChI=1S/C16H30N2/c1-2-6-16(7-9-17-10-8-16)13-18-11-14-4-3-5-15(14)12-18/h14-15,17H,2-13H2,1H3. The average molecular weight is 250 g/mol. The van der Waals surface area contributed by atoms with Crippen LogP contribution in [-0.4, -0.2) is 37.6 Å². The van der Waals surface area contributed by atoms with E-state index >= 15 is 0 Å². The Bertz CT molecular complexity index is 253. The molecule has 1 saturated carbocycles. The van der Waals surface area contributed by atoms with Crippen molar-refractivity contribution in [1.29, 1.82) is 0 Å². The van der Waals surface area contributed by atoms with E-state index in [0.717, 1.165) is 11.8 Å². The highest BCUT2D eigenvalue weighted by Gasteiger charge is 2.40. The van der Waals surface area contributed by atoms with Gasteiger partial charge in [0.25, 0.3) is 0 Å². The molecule has 1 N–H and O–H groups in total. The van der Waals surface area contributed by atoms with Crippen LogP contribution in [0.4, 0.5) is 0 Å². The minimum Gasteiger partial charge on any atom is -0.317 e. The van der Waals surface area contributed by atoms with Gasteiger partial charge in [-0.05, 0) is 62.4 Å². The van der Waals surface area contributed by atoms with E-state index in [1.54, 1.807) is 0 Å². The minimum absolute atomic E-state index is 0.651. The van der Waals surface area contributed by atoms with Gasteiger partial charge in [0.2, 0.25) is 0 Å². The number of nitrogens with zero attached hydrogens (tertiary/aromatic N) is 1. The summed E-state index contributed by atoms with van der Waals surface area (Å²) in [5.41, 5.74) is 0.651. The Labute approximate surface area is 113 Å². The fourth-order valence-electron chi connectivity index (χ4n) is 4.91. The van der Waals surface area contributed by atoms with Crippen molar-refractivity contribution in [3.63, 3.8) is 0 Å². The predicted octanol–water partition coefficient (Wildman–Crippen LogP) is 2.89. The number of fused-ring (bicyclic) bond motifs is 1. The zero-order valence-corrected chi connectivity index (χ0v) is 12.1. The van der Waals surface area contributed by atoms with Gasteiger partial charge < -0.3 is 10.2 Å². The molecule has 3 rings (SSSR count). The maximum Gasteiger partial charge on any atom is 0.00392 e. The SMILES string of the molecule is CCCC1(CN2CC3CCCC3C2)CCNCC1. The zero-order chi connectivity index (χ0) is 12.4. The lowest BCUT2D eigenvalue weighted by molar-refractivity contribution is 0.110. The number of nitrogens with one attached hydrogen (secondary N) is 1. The molecule has 0 aromatic rings. The predicted molar refractivity (Wildman–Crippen MR) is 76.7 cm³/mol. The molecular weight excluding hydrogens is 220 g/mol. The first-order chi connectivity index (χ1) is 8.81. The van der Waals surface area contributed by atoms with Crippen LogP contribution in [0.25, 0.3) is 0 Å². The van der Waals surface area contributed by atoms with E-state index in [0.29, 0.717) is 5.41 Å². The number of piperidine rings is 1. The fraction of sp³-hybridized carbons (Fsp3) is 1.00. The van der Waals surface area contributed by atoms with Gasteiger partial charge in [0.1, 0.15) is 0 Å². The molecule has 3 fully saturated rings. The highest BCUT2D eigenvalue weighted by Crippen LogP contribution is 2.41. The molecule has 18 heavy (non-hydrogen) atoms. The molecule has 3 aliphatic rings. The van der Waals surface area contributed by atoms with E-state index in [2.05, 4.69) is 17.1 Å². The Morgan fingerprint density at radius 1 is 1.11 bits per heavy atom. The Kier molecular flexibility index (Phi) is 3.95. The third-order valence-corrected chi connectivity index (χ3v) is 5.81. The van der Waals surface area contributed by atoms with Gasteiger partial charge >= 0.3 is 0 Å². The quantitative estimate of drug-likeness (QED) is 0.825. The zero-order valence-electron chi connectivity index (χ0n) is 12.1. The van der Waals surface area contributed by atoms with Crippen molar-refractivity contribution in [3.05, 3.63) is 0 Å². The lowest BCUT2D eigenvalue weighted by atomic mass is 9.75. The van der Waals surface area contributed by atoms with Crippen molar-refractivity contribution < 1.29 is 0 Å². The Balaban J connectivity index is 1.59. The van der Waals surface area contributed by atoms with Crippen LogP contribution in [0.15, 0.2) is 0 Å². The second kappa shape index (κ2) is 5.50. The van der Waals surface area contributed by atoms with Crippen LogP contribution in [0.1, 0.15) is 51.9 Å². The van der Waals surface area contributed by atoms with Gasteiger partial charge in [-0.2, -0.15) is 0 Å². The van der Waals surface area contributed by atoms with Crippen molar-refractivity contribution in [2.45, 2.75) is 51.9 Å². The summed E-state index contributed by atoms with van der Waals surface area (Å²) in [7, 11) is 0. The molecule has 0 aromatic carbocycles. The molecule has 2 aliphatic heterocycles. The Hall–Kier alpha value is -0.0800. The summed E-state index contributed by atoms with van der Waals surface area (Å²) in [5, 5.41) is 3.54. The van der Waals surface area contributed by atoms with Gasteiger partial charge in [-0.3, -0.25) is 0 Å². The van der Waals surface area contributed by atoms with E-state index < -0.39 is 0 Å². The molecule has 0 aromatic heterocycles. The molecule has 1 aliphatic carbocycles. The van der Waals surface area contributed by atoms with Gasteiger partial charge in [-0.1, -0.05) is 19.8 Å². The molecule has 104 valence electrons. The molecule has 2 unspecified atom stereocenters. The van der Waals surface area contributed by atoms with Crippen molar-refractivity contribution in [2.24, 2.45) is 17.3 Å². The first-order valence-corrected chi connectivity index (χ1v) is 8.24. The molecule has 0 radical (unpaired) electrons. The molecule has 0 bridgehead atoms. The number of likely N-dealkylation sites (tertiary alicyclic amines) is 1. The lowest BCUT2D eigenvalue weighted by Gasteiger charge is -2.40. The van der Waals surface area contributed by atoms with Gasteiger partial charge in [0.05, 0.1) is 0 Å². The molecule has 2 nitrogen and oxygen atoms in total. The monoisotopic (exact) mass is 250 g/mol. The van der Waals surface area contributed by atoms with Crippen LogP contribution >= 0.6 is 0 Å². The van der Waals surface area contributed by atoms with Crippen molar-refractivity contribution in [2.75, 3.05) is 32.7 Å². The molecule has 2 atom stereocenters. The summed E-state index contributed by atoms with van der Waals surface area (Å²) in [6.07, 6.45) is 10.2. The molecule has 0 spiro atoms. The normalized spacial score (nSPS) is 35.8. The van der Waals surface area contributed by atoms with Gasteiger partial charge in [0.15, 0.2) is 0 Å². The summed E-state index contributed by atoms with van der Waals surface area (Å²) in [4.78, 5) is 2.83.